The lowest BCUT2D eigenvalue weighted by molar-refractivity contribution is 0.102. The van der Waals surface area contributed by atoms with Crippen LogP contribution in [0.4, 0.5) is 0 Å². The third-order valence-corrected chi connectivity index (χ3v) is 3.68. The van der Waals surface area contributed by atoms with Gasteiger partial charge in [-0.1, -0.05) is 42.1 Å². The summed E-state index contributed by atoms with van der Waals surface area (Å²) >= 11 is 1.38. The van der Waals surface area contributed by atoms with Crippen LogP contribution in [0, 0.1) is 0 Å². The van der Waals surface area contributed by atoms with E-state index in [1.807, 2.05) is 25.2 Å². The second-order valence-electron chi connectivity index (χ2n) is 3.83. The molecule has 1 N–H and O–H groups in total. The van der Waals surface area contributed by atoms with Crippen LogP contribution in [0.25, 0.3) is 0 Å². The maximum atomic E-state index is 11.9. The van der Waals surface area contributed by atoms with E-state index in [-0.39, 0.29) is 12.4 Å². The highest BCUT2D eigenvalue weighted by Gasteiger charge is 2.10. The number of imidazole rings is 1. The van der Waals surface area contributed by atoms with Crippen LogP contribution in [0.2, 0.25) is 0 Å². The Morgan fingerprint density at radius 3 is 2.72 bits per heavy atom. The minimum Gasteiger partial charge on any atom is -0.390 e. The molecule has 0 spiro atoms. The normalized spacial score (nSPS) is 10.6. The number of hydrogen-bond donors (Lipinski definition) is 1. The molecular weight excluding hydrogens is 248 g/mol. The van der Waals surface area contributed by atoms with Crippen LogP contribution in [-0.2, 0) is 13.7 Å². The maximum Gasteiger partial charge on any atom is 0.173 e. The van der Waals surface area contributed by atoms with Crippen molar-refractivity contribution in [1.29, 1.82) is 0 Å². The zero-order valence-corrected chi connectivity index (χ0v) is 10.9. The zero-order valence-electron chi connectivity index (χ0n) is 10.0. The van der Waals surface area contributed by atoms with Crippen molar-refractivity contribution in [3.05, 3.63) is 47.8 Å². The molecule has 4 nitrogen and oxygen atoms in total. The van der Waals surface area contributed by atoms with Crippen LogP contribution in [0.15, 0.2) is 41.7 Å². The molecule has 1 aromatic heterocycles. The van der Waals surface area contributed by atoms with Crippen molar-refractivity contribution in [1.82, 2.24) is 9.55 Å². The topological polar surface area (TPSA) is 55.1 Å². The van der Waals surface area contributed by atoms with E-state index in [0.717, 1.165) is 10.9 Å². The van der Waals surface area contributed by atoms with Gasteiger partial charge >= 0.3 is 0 Å². The van der Waals surface area contributed by atoms with Gasteiger partial charge in [-0.25, -0.2) is 4.98 Å². The summed E-state index contributed by atoms with van der Waals surface area (Å²) in [7, 11) is 1.83. The van der Waals surface area contributed by atoms with Crippen LogP contribution < -0.4 is 0 Å². The zero-order chi connectivity index (χ0) is 13.0. The van der Waals surface area contributed by atoms with E-state index in [9.17, 15) is 4.79 Å². The summed E-state index contributed by atoms with van der Waals surface area (Å²) in [5.41, 5.74) is 1.45. The molecule has 0 bridgehead atoms. The van der Waals surface area contributed by atoms with Crippen LogP contribution in [0.1, 0.15) is 16.1 Å². The molecule has 0 atom stereocenters. The number of aromatic nitrogens is 2. The molecule has 0 aliphatic rings. The summed E-state index contributed by atoms with van der Waals surface area (Å²) in [6.07, 6.45) is 1.62. The molecule has 0 aliphatic heterocycles. The summed E-state index contributed by atoms with van der Waals surface area (Å²) in [5, 5.41) is 9.79. The van der Waals surface area contributed by atoms with Crippen LogP contribution in [0.3, 0.4) is 0 Å². The molecule has 1 aromatic carbocycles. The molecule has 94 valence electrons. The first-order chi connectivity index (χ1) is 8.72. The Hall–Kier alpha value is -1.59. The van der Waals surface area contributed by atoms with Crippen molar-refractivity contribution in [3.8, 4) is 0 Å². The van der Waals surface area contributed by atoms with E-state index >= 15 is 0 Å². The number of carbonyl (C=O) groups is 1. The Morgan fingerprint density at radius 1 is 1.39 bits per heavy atom. The lowest BCUT2D eigenvalue weighted by Crippen LogP contribution is -2.04. The monoisotopic (exact) mass is 262 g/mol. The van der Waals surface area contributed by atoms with Gasteiger partial charge in [-0.2, -0.15) is 0 Å². The minimum absolute atomic E-state index is 0.0449. The van der Waals surface area contributed by atoms with E-state index in [4.69, 9.17) is 5.11 Å². The molecule has 0 aliphatic carbocycles. The fraction of sp³-hybridized carbons (Fsp3) is 0.231. The fourth-order valence-electron chi connectivity index (χ4n) is 1.54. The predicted octanol–water partition coefficient (Wildman–Crippen LogP) is 1.89. The van der Waals surface area contributed by atoms with Crippen LogP contribution in [0.5, 0.6) is 0 Å². The highest BCUT2D eigenvalue weighted by molar-refractivity contribution is 7.99. The van der Waals surface area contributed by atoms with Crippen molar-refractivity contribution in [2.45, 2.75) is 11.8 Å². The van der Waals surface area contributed by atoms with E-state index < -0.39 is 0 Å². The highest BCUT2D eigenvalue weighted by Crippen LogP contribution is 2.18. The second kappa shape index (κ2) is 5.84. The first kappa shape index (κ1) is 12.9. The molecule has 2 aromatic rings. The average Bonchev–Trinajstić information content (AvgIpc) is 2.77. The van der Waals surface area contributed by atoms with E-state index in [1.165, 1.54) is 11.8 Å². The van der Waals surface area contributed by atoms with Gasteiger partial charge in [0.25, 0.3) is 0 Å². The number of hydrogen-bond acceptors (Lipinski definition) is 4. The molecule has 2 rings (SSSR count). The molecule has 0 saturated heterocycles. The Morgan fingerprint density at radius 2 is 2.11 bits per heavy atom. The van der Waals surface area contributed by atoms with E-state index in [0.29, 0.717) is 11.3 Å². The van der Waals surface area contributed by atoms with Gasteiger partial charge < -0.3 is 9.67 Å². The van der Waals surface area contributed by atoms with Crippen molar-refractivity contribution >= 4 is 17.5 Å². The third kappa shape index (κ3) is 2.80. The molecule has 18 heavy (non-hydrogen) atoms. The number of carbonyl (C=O) groups excluding carboxylic acids is 1. The van der Waals surface area contributed by atoms with Crippen molar-refractivity contribution in [2.75, 3.05) is 5.75 Å². The average molecular weight is 262 g/mol. The first-order valence-electron chi connectivity index (χ1n) is 5.55. The first-order valence-corrected chi connectivity index (χ1v) is 6.53. The maximum absolute atomic E-state index is 11.9. The van der Waals surface area contributed by atoms with Crippen molar-refractivity contribution in [3.63, 3.8) is 0 Å². The summed E-state index contributed by atoms with van der Waals surface area (Å²) < 4.78 is 1.79. The van der Waals surface area contributed by atoms with Gasteiger partial charge in [-0.15, -0.1) is 0 Å². The largest absolute Gasteiger partial charge is 0.390 e. The number of aliphatic hydroxyl groups is 1. The molecule has 1 heterocycles. The van der Waals surface area contributed by atoms with Crippen molar-refractivity contribution in [2.24, 2.45) is 7.05 Å². The summed E-state index contributed by atoms with van der Waals surface area (Å²) in [6, 6.07) is 9.20. The number of Topliss-reactive ketones (excluding diaryl/α,β-unsaturated/α-hetero) is 1. The van der Waals surface area contributed by atoms with Crippen LogP contribution >= 0.6 is 11.8 Å². The number of thioether (sulfide) groups is 1. The molecule has 0 fully saturated rings. The van der Waals surface area contributed by atoms with Gasteiger partial charge in [0, 0.05) is 12.6 Å². The van der Waals surface area contributed by atoms with Gasteiger partial charge in [0.2, 0.25) is 0 Å². The third-order valence-electron chi connectivity index (χ3n) is 2.63. The number of rotatable bonds is 5. The molecule has 0 unspecified atom stereocenters. The fourth-order valence-corrected chi connectivity index (χ4v) is 2.41. The molecule has 0 saturated carbocycles. The number of benzene rings is 1. The second-order valence-corrected chi connectivity index (χ2v) is 4.77. The molecule has 0 radical (unpaired) electrons. The van der Waals surface area contributed by atoms with Gasteiger partial charge in [-0.3, -0.25) is 4.79 Å². The lowest BCUT2D eigenvalue weighted by atomic mass is 10.2. The predicted molar refractivity (Wildman–Crippen MR) is 70.6 cm³/mol. The smallest absolute Gasteiger partial charge is 0.173 e. The van der Waals surface area contributed by atoms with Gasteiger partial charge in [0.15, 0.2) is 10.9 Å². The van der Waals surface area contributed by atoms with E-state index in [1.54, 1.807) is 22.9 Å². The Kier molecular flexibility index (Phi) is 4.17. The lowest BCUT2D eigenvalue weighted by Gasteiger charge is -2.03. The number of ketones is 1. The Labute approximate surface area is 110 Å². The van der Waals surface area contributed by atoms with Crippen molar-refractivity contribution < 1.29 is 9.90 Å². The quantitative estimate of drug-likeness (QED) is 0.660. The summed E-state index contributed by atoms with van der Waals surface area (Å²) in [5.74, 6) is 0.425. The molecule has 0 amide bonds. The van der Waals surface area contributed by atoms with Gasteiger partial charge in [-0.05, 0) is 0 Å². The molecule has 5 heteroatoms. The van der Waals surface area contributed by atoms with Gasteiger partial charge in [0.1, 0.15) is 0 Å². The SMILES string of the molecule is Cn1c(CO)cnc1SCC(=O)c1ccccc1. The summed E-state index contributed by atoms with van der Waals surface area (Å²) in [4.78, 5) is 16.1. The summed E-state index contributed by atoms with van der Waals surface area (Å²) in [6.45, 7) is -0.0449. The molecular formula is C13H14N2O2S. The van der Waals surface area contributed by atoms with E-state index in [2.05, 4.69) is 4.98 Å². The Balaban J connectivity index is 2.00. The number of aliphatic hydroxyl groups excluding tert-OH is 1. The van der Waals surface area contributed by atoms with Crippen LogP contribution in [-0.4, -0.2) is 26.2 Å². The number of nitrogens with zero attached hydrogens (tertiary/aromatic N) is 2. The van der Waals surface area contributed by atoms with Gasteiger partial charge in [0.05, 0.1) is 24.3 Å². The highest BCUT2D eigenvalue weighted by atomic mass is 32.2. The standard InChI is InChI=1S/C13H14N2O2S/c1-15-11(8-16)7-14-13(15)18-9-12(17)10-5-3-2-4-6-10/h2-7,16H,8-9H2,1H3. The Bertz CT molecular complexity index is 537. The minimum atomic E-state index is -0.0449.